The second kappa shape index (κ2) is 11.8. The molecule has 1 heterocycles. The van der Waals surface area contributed by atoms with Crippen LogP contribution >= 0.6 is 12.4 Å². The Kier molecular flexibility index (Phi) is 9.15. The summed E-state index contributed by atoms with van der Waals surface area (Å²) in [6.45, 7) is 3.47. The van der Waals surface area contributed by atoms with E-state index in [0.717, 1.165) is 51.7 Å². The van der Waals surface area contributed by atoms with Crippen LogP contribution < -0.4 is 0 Å². The molecule has 0 radical (unpaired) electrons. The van der Waals surface area contributed by atoms with Gasteiger partial charge in [-0.05, 0) is 62.2 Å². The van der Waals surface area contributed by atoms with Crippen LogP contribution in [-0.2, 0) is 15.1 Å². The van der Waals surface area contributed by atoms with Crippen molar-refractivity contribution in [3.63, 3.8) is 0 Å². The molecular formula is C27H36ClNO3. The zero-order chi connectivity index (χ0) is 21.5. The van der Waals surface area contributed by atoms with Crippen molar-refractivity contribution in [2.75, 3.05) is 26.2 Å². The Labute approximate surface area is 198 Å². The molecule has 1 saturated carbocycles. The fourth-order valence-electron chi connectivity index (χ4n) is 5.33. The van der Waals surface area contributed by atoms with Crippen molar-refractivity contribution in [1.82, 2.24) is 4.90 Å². The smallest absolute Gasteiger partial charge is 0.343 e. The predicted molar refractivity (Wildman–Crippen MR) is 130 cm³/mol. The molecule has 2 aliphatic rings. The van der Waals surface area contributed by atoms with Crippen molar-refractivity contribution >= 4 is 18.4 Å². The van der Waals surface area contributed by atoms with Gasteiger partial charge in [-0.15, -0.1) is 12.4 Å². The number of carbonyl (C=O) groups excluding carboxylic acids is 1. The number of aliphatic hydroxyl groups is 1. The van der Waals surface area contributed by atoms with E-state index < -0.39 is 11.6 Å². The molecule has 1 unspecified atom stereocenters. The number of benzene rings is 2. The molecule has 0 amide bonds. The van der Waals surface area contributed by atoms with Gasteiger partial charge in [-0.2, -0.15) is 0 Å². The van der Waals surface area contributed by atoms with Crippen LogP contribution in [0.3, 0.4) is 0 Å². The molecule has 1 saturated heterocycles. The molecule has 4 nitrogen and oxygen atoms in total. The van der Waals surface area contributed by atoms with Gasteiger partial charge in [0.2, 0.25) is 0 Å². The van der Waals surface area contributed by atoms with E-state index in [4.69, 9.17) is 4.74 Å². The van der Waals surface area contributed by atoms with Crippen LogP contribution in [0.4, 0.5) is 0 Å². The third-order valence-electron chi connectivity index (χ3n) is 7.18. The number of carbonyl (C=O) groups is 1. The van der Waals surface area contributed by atoms with Gasteiger partial charge in [0.25, 0.3) is 0 Å². The molecule has 0 aromatic heterocycles. The second-order valence-corrected chi connectivity index (χ2v) is 9.13. The fraction of sp³-hybridized carbons (Fsp3) is 0.519. The number of likely N-dealkylation sites (tertiary alicyclic amines) is 1. The third kappa shape index (κ3) is 5.72. The summed E-state index contributed by atoms with van der Waals surface area (Å²) in [6.07, 6.45) is 7.03. The monoisotopic (exact) mass is 457 g/mol. The fourth-order valence-corrected chi connectivity index (χ4v) is 5.33. The highest BCUT2D eigenvalue weighted by Crippen LogP contribution is 2.41. The van der Waals surface area contributed by atoms with Gasteiger partial charge in [0.1, 0.15) is 0 Å². The Bertz CT molecular complexity index is 817. The number of piperidine rings is 1. The standard InChI is InChI=1S/C27H35NO3.ClH/c29-26(27(30,25-14-7-8-15-25)24-12-5-2-6-13-24)31-21-9-18-28-19-16-23(17-20-28)22-10-3-1-4-11-22;/h1-6,10-13,23,25,30H,7-9,14-21H2;1H. The summed E-state index contributed by atoms with van der Waals surface area (Å²) in [5.41, 5.74) is 0.587. The topological polar surface area (TPSA) is 49.8 Å². The lowest BCUT2D eigenvalue weighted by Gasteiger charge is -2.33. The summed E-state index contributed by atoms with van der Waals surface area (Å²) in [6, 6.07) is 20.1. The molecule has 4 rings (SSSR count). The Morgan fingerprint density at radius 1 is 0.938 bits per heavy atom. The minimum atomic E-state index is -1.52. The molecule has 2 fully saturated rings. The highest BCUT2D eigenvalue weighted by molar-refractivity contribution is 5.85. The molecule has 32 heavy (non-hydrogen) atoms. The van der Waals surface area contributed by atoms with Gasteiger partial charge in [0.15, 0.2) is 5.60 Å². The van der Waals surface area contributed by atoms with Gasteiger partial charge in [-0.1, -0.05) is 73.5 Å². The van der Waals surface area contributed by atoms with E-state index in [1.807, 2.05) is 30.3 Å². The first kappa shape index (κ1) is 24.8. The molecular weight excluding hydrogens is 422 g/mol. The van der Waals surface area contributed by atoms with Gasteiger partial charge < -0.3 is 14.7 Å². The van der Waals surface area contributed by atoms with Gasteiger partial charge >= 0.3 is 5.97 Å². The SMILES string of the molecule is Cl.O=C(OCCCN1CCC(c2ccccc2)CC1)C(O)(c1ccccc1)C1CCCC1. The van der Waals surface area contributed by atoms with Crippen LogP contribution in [0.1, 0.15) is 62.0 Å². The maximum Gasteiger partial charge on any atom is 0.343 e. The molecule has 1 N–H and O–H groups in total. The number of ether oxygens (including phenoxy) is 1. The minimum Gasteiger partial charge on any atom is -0.463 e. The molecule has 0 spiro atoms. The van der Waals surface area contributed by atoms with E-state index in [0.29, 0.717) is 18.1 Å². The lowest BCUT2D eigenvalue weighted by atomic mass is 9.80. The quantitative estimate of drug-likeness (QED) is 0.431. The molecule has 2 aromatic carbocycles. The number of esters is 1. The first-order chi connectivity index (χ1) is 15.2. The summed E-state index contributed by atoms with van der Waals surface area (Å²) in [5, 5.41) is 11.5. The zero-order valence-electron chi connectivity index (χ0n) is 18.8. The third-order valence-corrected chi connectivity index (χ3v) is 7.18. The Balaban J connectivity index is 0.00000289. The Hall–Kier alpha value is -1.88. The molecule has 1 aliphatic carbocycles. The molecule has 2 aromatic rings. The summed E-state index contributed by atoms with van der Waals surface area (Å²) in [5.74, 6) is 0.121. The van der Waals surface area contributed by atoms with Crippen molar-refractivity contribution in [3.8, 4) is 0 Å². The van der Waals surface area contributed by atoms with Crippen LogP contribution in [0, 0.1) is 5.92 Å². The van der Waals surface area contributed by atoms with Crippen molar-refractivity contribution < 1.29 is 14.6 Å². The number of rotatable bonds is 8. The maximum absolute atomic E-state index is 13.0. The van der Waals surface area contributed by atoms with E-state index in [9.17, 15) is 9.90 Å². The lowest BCUT2D eigenvalue weighted by Crippen LogP contribution is -2.43. The summed E-state index contributed by atoms with van der Waals surface area (Å²) in [4.78, 5) is 15.5. The average Bonchev–Trinajstić information content (AvgIpc) is 3.38. The molecule has 174 valence electrons. The van der Waals surface area contributed by atoms with E-state index >= 15 is 0 Å². The van der Waals surface area contributed by atoms with Crippen LogP contribution in [0.2, 0.25) is 0 Å². The molecule has 1 atom stereocenters. The highest BCUT2D eigenvalue weighted by Gasteiger charge is 2.47. The van der Waals surface area contributed by atoms with Gasteiger partial charge in [-0.3, -0.25) is 0 Å². The van der Waals surface area contributed by atoms with Gasteiger partial charge in [0.05, 0.1) is 6.61 Å². The highest BCUT2D eigenvalue weighted by atomic mass is 35.5. The lowest BCUT2D eigenvalue weighted by molar-refractivity contribution is -0.174. The van der Waals surface area contributed by atoms with E-state index in [-0.39, 0.29) is 18.3 Å². The Morgan fingerprint density at radius 2 is 1.53 bits per heavy atom. The number of halogens is 1. The first-order valence-corrected chi connectivity index (χ1v) is 11.9. The van der Waals surface area contributed by atoms with Gasteiger partial charge in [-0.25, -0.2) is 4.79 Å². The largest absolute Gasteiger partial charge is 0.463 e. The summed E-state index contributed by atoms with van der Waals surface area (Å²) in [7, 11) is 0. The molecule has 5 heteroatoms. The van der Waals surface area contributed by atoms with Gasteiger partial charge in [0, 0.05) is 12.5 Å². The molecule has 0 bridgehead atoms. The van der Waals surface area contributed by atoms with Crippen molar-refractivity contribution in [3.05, 3.63) is 71.8 Å². The van der Waals surface area contributed by atoms with Crippen molar-refractivity contribution in [2.45, 2.75) is 56.5 Å². The summed E-state index contributed by atoms with van der Waals surface area (Å²) >= 11 is 0. The van der Waals surface area contributed by atoms with E-state index in [2.05, 4.69) is 35.2 Å². The summed E-state index contributed by atoms with van der Waals surface area (Å²) < 4.78 is 5.64. The number of hydrogen-bond donors (Lipinski definition) is 1. The molecule has 1 aliphatic heterocycles. The van der Waals surface area contributed by atoms with Crippen LogP contribution in [0.5, 0.6) is 0 Å². The number of hydrogen-bond acceptors (Lipinski definition) is 4. The predicted octanol–water partition coefficient (Wildman–Crippen LogP) is 5.30. The Morgan fingerprint density at radius 3 is 2.16 bits per heavy atom. The van der Waals surface area contributed by atoms with Crippen molar-refractivity contribution in [2.24, 2.45) is 5.92 Å². The van der Waals surface area contributed by atoms with E-state index in [1.165, 1.54) is 18.4 Å². The first-order valence-electron chi connectivity index (χ1n) is 11.9. The van der Waals surface area contributed by atoms with E-state index in [1.54, 1.807) is 0 Å². The number of nitrogens with zero attached hydrogens (tertiary/aromatic N) is 1. The maximum atomic E-state index is 13.0. The average molecular weight is 458 g/mol. The normalized spacial score (nSPS) is 19.8. The van der Waals surface area contributed by atoms with Crippen LogP contribution in [-0.4, -0.2) is 42.2 Å². The minimum absolute atomic E-state index is 0. The zero-order valence-corrected chi connectivity index (χ0v) is 19.6. The van der Waals surface area contributed by atoms with Crippen LogP contribution in [0.25, 0.3) is 0 Å². The second-order valence-electron chi connectivity index (χ2n) is 9.13. The van der Waals surface area contributed by atoms with Crippen LogP contribution in [0.15, 0.2) is 60.7 Å². The van der Waals surface area contributed by atoms with Crippen molar-refractivity contribution in [1.29, 1.82) is 0 Å².